The fourth-order valence-corrected chi connectivity index (χ4v) is 3.07. The highest BCUT2D eigenvalue weighted by Gasteiger charge is 2.44. The van der Waals surface area contributed by atoms with E-state index in [9.17, 15) is 14.7 Å². The number of aromatic nitrogens is 1. The molecule has 2 rings (SSSR count). The Balaban J connectivity index is 2.04. The minimum atomic E-state index is -0.767. The third kappa shape index (κ3) is 3.30. The molecule has 1 aliphatic heterocycles. The summed E-state index contributed by atoms with van der Waals surface area (Å²) in [6.45, 7) is 4.01. The van der Waals surface area contributed by atoms with E-state index in [2.05, 4.69) is 5.16 Å². The third-order valence-corrected chi connectivity index (χ3v) is 4.25. The Morgan fingerprint density at radius 1 is 1.55 bits per heavy atom. The van der Waals surface area contributed by atoms with Crippen molar-refractivity contribution in [1.29, 1.82) is 0 Å². The molecule has 1 N–H and O–H groups in total. The van der Waals surface area contributed by atoms with Gasteiger partial charge in [-0.1, -0.05) is 5.16 Å². The zero-order chi connectivity index (χ0) is 16.3. The monoisotopic (exact) mass is 309 g/mol. The summed E-state index contributed by atoms with van der Waals surface area (Å²) < 4.78 is 4.99. The van der Waals surface area contributed by atoms with E-state index in [0.717, 1.165) is 6.42 Å². The van der Waals surface area contributed by atoms with Crippen molar-refractivity contribution in [3.05, 3.63) is 17.5 Å². The number of hydrogen-bond donors (Lipinski definition) is 1. The Hall–Kier alpha value is -1.89. The van der Waals surface area contributed by atoms with Crippen LogP contribution in [-0.4, -0.2) is 57.6 Å². The molecule has 2 amide bonds. The van der Waals surface area contributed by atoms with E-state index >= 15 is 0 Å². The number of hydrogen-bond acceptors (Lipinski definition) is 5. The normalized spacial score (nSPS) is 21.2. The minimum absolute atomic E-state index is 0.103. The Bertz CT molecular complexity index is 557. The van der Waals surface area contributed by atoms with E-state index < -0.39 is 5.54 Å². The van der Waals surface area contributed by atoms with Crippen LogP contribution in [0.5, 0.6) is 0 Å². The molecule has 1 aromatic heterocycles. The molecule has 1 aliphatic rings. The van der Waals surface area contributed by atoms with Crippen LogP contribution in [-0.2, 0) is 16.1 Å². The molecular formula is C15H23N3O4. The van der Waals surface area contributed by atoms with Gasteiger partial charge in [-0.05, 0) is 19.8 Å². The third-order valence-electron chi connectivity index (χ3n) is 4.25. The molecule has 0 bridgehead atoms. The van der Waals surface area contributed by atoms with Crippen LogP contribution in [0, 0.1) is 6.92 Å². The number of likely N-dealkylation sites (tertiary alicyclic amines) is 1. The largest absolute Gasteiger partial charge is 0.394 e. The van der Waals surface area contributed by atoms with Crippen LogP contribution in [0.1, 0.15) is 37.6 Å². The molecule has 0 saturated carbocycles. The van der Waals surface area contributed by atoms with Crippen LogP contribution < -0.4 is 0 Å². The highest BCUT2D eigenvalue weighted by Crippen LogP contribution is 2.32. The van der Waals surface area contributed by atoms with Gasteiger partial charge in [0.1, 0.15) is 11.5 Å². The van der Waals surface area contributed by atoms with E-state index in [-0.39, 0.29) is 24.8 Å². The van der Waals surface area contributed by atoms with Gasteiger partial charge in [-0.2, -0.15) is 0 Å². The Kier molecular flexibility index (Phi) is 4.85. The summed E-state index contributed by atoms with van der Waals surface area (Å²) in [4.78, 5) is 27.4. The highest BCUT2D eigenvalue weighted by atomic mass is 16.5. The van der Waals surface area contributed by atoms with Gasteiger partial charge in [0.25, 0.3) is 0 Å². The number of carbonyl (C=O) groups excluding carboxylic acids is 2. The first kappa shape index (κ1) is 16.5. The summed E-state index contributed by atoms with van der Waals surface area (Å²) in [6, 6.07) is 1.78. The van der Waals surface area contributed by atoms with Gasteiger partial charge in [0.15, 0.2) is 0 Å². The zero-order valence-electron chi connectivity index (χ0n) is 13.3. The second kappa shape index (κ2) is 6.48. The molecule has 7 heteroatoms. The molecule has 0 unspecified atom stereocenters. The van der Waals surface area contributed by atoms with E-state index in [4.69, 9.17) is 4.52 Å². The number of rotatable bonds is 5. The fourth-order valence-electron chi connectivity index (χ4n) is 3.07. The SMILES string of the molecule is CC(=O)N1CCC[C@]1(CO)CC(=O)N(C)Cc1cc(C)on1. The maximum absolute atomic E-state index is 12.5. The van der Waals surface area contributed by atoms with Crippen LogP contribution in [0.25, 0.3) is 0 Å². The van der Waals surface area contributed by atoms with Crippen molar-refractivity contribution in [3.8, 4) is 0 Å². The van der Waals surface area contributed by atoms with Crippen molar-refractivity contribution in [2.75, 3.05) is 20.2 Å². The minimum Gasteiger partial charge on any atom is -0.394 e. The van der Waals surface area contributed by atoms with Crippen LogP contribution in [0.4, 0.5) is 0 Å². The van der Waals surface area contributed by atoms with Crippen molar-refractivity contribution in [1.82, 2.24) is 15.0 Å². The van der Waals surface area contributed by atoms with Crippen LogP contribution in [0.15, 0.2) is 10.6 Å². The summed E-state index contributed by atoms with van der Waals surface area (Å²) in [5.41, 5.74) is -0.0852. The molecule has 0 aromatic carbocycles. The van der Waals surface area contributed by atoms with Gasteiger partial charge in [0, 0.05) is 26.6 Å². The van der Waals surface area contributed by atoms with Gasteiger partial charge < -0.3 is 19.4 Å². The molecule has 1 atom stereocenters. The summed E-state index contributed by atoms with van der Waals surface area (Å²) in [7, 11) is 1.68. The second-order valence-corrected chi connectivity index (χ2v) is 6.01. The van der Waals surface area contributed by atoms with Crippen molar-refractivity contribution in [3.63, 3.8) is 0 Å². The molecule has 122 valence electrons. The predicted molar refractivity (Wildman–Crippen MR) is 78.8 cm³/mol. The molecule has 22 heavy (non-hydrogen) atoms. The van der Waals surface area contributed by atoms with Crippen molar-refractivity contribution < 1.29 is 19.2 Å². The molecule has 1 fully saturated rings. The molecule has 2 heterocycles. The molecule has 0 radical (unpaired) electrons. The summed E-state index contributed by atoms with van der Waals surface area (Å²) in [5, 5.41) is 13.6. The Labute approximate surface area is 129 Å². The number of amides is 2. The number of aliphatic hydroxyl groups excluding tert-OH is 1. The topological polar surface area (TPSA) is 86.9 Å². The summed E-state index contributed by atoms with van der Waals surface area (Å²) in [5.74, 6) is 0.471. The van der Waals surface area contributed by atoms with E-state index in [1.54, 1.807) is 29.8 Å². The molecular weight excluding hydrogens is 286 g/mol. The standard InChI is InChI=1S/C15H23N3O4/c1-11-7-13(16-22-11)9-17(3)14(21)8-15(10-19)5-4-6-18(15)12(2)20/h7,19H,4-6,8-10H2,1-3H3/t15-/m1/s1. The lowest BCUT2D eigenvalue weighted by Crippen LogP contribution is -2.52. The van der Waals surface area contributed by atoms with Gasteiger partial charge in [-0.15, -0.1) is 0 Å². The van der Waals surface area contributed by atoms with Gasteiger partial charge in [-0.3, -0.25) is 9.59 Å². The highest BCUT2D eigenvalue weighted by molar-refractivity contribution is 5.80. The van der Waals surface area contributed by atoms with Crippen molar-refractivity contribution >= 4 is 11.8 Å². The average Bonchev–Trinajstić information content (AvgIpc) is 3.05. The van der Waals surface area contributed by atoms with Gasteiger partial charge in [0.2, 0.25) is 11.8 Å². The number of aryl methyl sites for hydroxylation is 1. The van der Waals surface area contributed by atoms with Gasteiger partial charge >= 0.3 is 0 Å². The first-order valence-corrected chi connectivity index (χ1v) is 7.43. The van der Waals surface area contributed by atoms with Crippen LogP contribution in [0.2, 0.25) is 0 Å². The molecule has 0 spiro atoms. The number of carbonyl (C=O) groups is 2. The second-order valence-electron chi connectivity index (χ2n) is 6.01. The lowest BCUT2D eigenvalue weighted by molar-refractivity contribution is -0.140. The quantitative estimate of drug-likeness (QED) is 0.865. The van der Waals surface area contributed by atoms with Crippen molar-refractivity contribution in [2.24, 2.45) is 0 Å². The summed E-state index contributed by atoms with van der Waals surface area (Å²) >= 11 is 0. The molecule has 7 nitrogen and oxygen atoms in total. The van der Waals surface area contributed by atoms with Gasteiger partial charge in [0.05, 0.1) is 25.1 Å². The number of nitrogens with zero attached hydrogens (tertiary/aromatic N) is 3. The Morgan fingerprint density at radius 3 is 2.82 bits per heavy atom. The Morgan fingerprint density at radius 2 is 2.27 bits per heavy atom. The van der Waals surface area contributed by atoms with Gasteiger partial charge in [-0.25, -0.2) is 0 Å². The van der Waals surface area contributed by atoms with E-state index in [1.807, 2.05) is 0 Å². The first-order valence-electron chi connectivity index (χ1n) is 7.43. The first-order chi connectivity index (χ1) is 10.4. The van der Waals surface area contributed by atoms with Crippen LogP contribution in [0.3, 0.4) is 0 Å². The fraction of sp³-hybridized carbons (Fsp3) is 0.667. The molecule has 1 aromatic rings. The van der Waals surface area contributed by atoms with Crippen molar-refractivity contribution in [2.45, 2.75) is 45.2 Å². The molecule has 0 aliphatic carbocycles. The molecule has 1 saturated heterocycles. The van der Waals surface area contributed by atoms with E-state index in [0.29, 0.717) is 31.0 Å². The van der Waals surface area contributed by atoms with Crippen LogP contribution >= 0.6 is 0 Å². The predicted octanol–water partition coefficient (Wildman–Crippen LogP) is 0.705. The maximum atomic E-state index is 12.5. The lowest BCUT2D eigenvalue weighted by Gasteiger charge is -2.37. The maximum Gasteiger partial charge on any atom is 0.225 e. The average molecular weight is 309 g/mol. The lowest BCUT2D eigenvalue weighted by atomic mass is 9.92. The number of aliphatic hydroxyl groups is 1. The zero-order valence-corrected chi connectivity index (χ0v) is 13.3. The summed E-state index contributed by atoms with van der Waals surface area (Å²) in [6.07, 6.45) is 1.57. The van der Waals surface area contributed by atoms with E-state index in [1.165, 1.54) is 6.92 Å². The smallest absolute Gasteiger partial charge is 0.225 e.